The quantitative estimate of drug-likeness (QED) is 0.633. The zero-order chi connectivity index (χ0) is 19.5. The van der Waals surface area contributed by atoms with Gasteiger partial charge in [0.25, 0.3) is 0 Å². The van der Waals surface area contributed by atoms with Crippen LogP contribution < -0.4 is 10.1 Å². The fraction of sp³-hybridized carbons (Fsp3) is 0.455. The molecule has 6 heteroatoms. The van der Waals surface area contributed by atoms with Crippen molar-refractivity contribution < 1.29 is 9.47 Å². The monoisotopic (exact) mass is 508 g/mol. The molecule has 2 aromatic carbocycles. The van der Waals surface area contributed by atoms with Gasteiger partial charge < -0.3 is 14.8 Å². The molecule has 1 fully saturated rings. The number of hydrogen-bond donors (Lipinski definition) is 1. The Morgan fingerprint density at radius 3 is 2.54 bits per heavy atom. The molecule has 0 aromatic heterocycles. The van der Waals surface area contributed by atoms with Gasteiger partial charge in [-0.3, -0.25) is 4.90 Å². The number of nitrogens with zero attached hydrogens (tertiary/aromatic N) is 1. The molecule has 2 aliphatic rings. The van der Waals surface area contributed by atoms with Crippen molar-refractivity contribution in [3.8, 4) is 5.75 Å². The highest BCUT2D eigenvalue weighted by Gasteiger charge is 2.35. The Labute approximate surface area is 183 Å². The zero-order valence-corrected chi connectivity index (χ0v) is 19.3. The fourth-order valence-corrected chi connectivity index (χ4v) is 5.72. The first-order chi connectivity index (χ1) is 13.6. The predicted molar refractivity (Wildman–Crippen MR) is 119 cm³/mol. The Morgan fingerprint density at radius 2 is 1.82 bits per heavy atom. The van der Waals surface area contributed by atoms with Crippen LogP contribution in [0.4, 0.5) is 0 Å². The topological polar surface area (TPSA) is 33.7 Å². The van der Waals surface area contributed by atoms with Crippen LogP contribution >= 0.6 is 31.9 Å². The molecule has 1 heterocycles. The number of hydrogen-bond acceptors (Lipinski definition) is 4. The van der Waals surface area contributed by atoms with Crippen molar-refractivity contribution in [2.24, 2.45) is 0 Å². The molecule has 0 amide bonds. The average Bonchev–Trinajstić information content (AvgIpc) is 2.71. The van der Waals surface area contributed by atoms with Crippen LogP contribution in [-0.2, 0) is 17.8 Å². The van der Waals surface area contributed by atoms with E-state index < -0.39 is 0 Å². The van der Waals surface area contributed by atoms with E-state index in [0.29, 0.717) is 12.6 Å². The number of nitrogens with one attached hydrogen (secondary N) is 1. The molecule has 4 nitrogen and oxygen atoms in total. The SMILES string of the molecule is COc1ccc2c(c1)CCC(OCc1cc(Br)cc(Br)c1)C2N1CCNCC1. The first-order valence-corrected chi connectivity index (χ1v) is 11.4. The molecule has 2 aromatic rings. The Balaban J connectivity index is 1.57. The molecule has 1 aliphatic heterocycles. The van der Waals surface area contributed by atoms with E-state index in [2.05, 4.69) is 78.5 Å². The van der Waals surface area contributed by atoms with Gasteiger partial charge in [0.15, 0.2) is 0 Å². The summed E-state index contributed by atoms with van der Waals surface area (Å²) in [6.07, 6.45) is 2.25. The van der Waals surface area contributed by atoms with E-state index in [1.807, 2.05) is 0 Å². The summed E-state index contributed by atoms with van der Waals surface area (Å²) in [4.78, 5) is 2.59. The summed E-state index contributed by atoms with van der Waals surface area (Å²) < 4.78 is 14.1. The van der Waals surface area contributed by atoms with E-state index >= 15 is 0 Å². The van der Waals surface area contributed by atoms with Crippen LogP contribution in [-0.4, -0.2) is 44.3 Å². The average molecular weight is 510 g/mol. The van der Waals surface area contributed by atoms with E-state index in [0.717, 1.165) is 53.7 Å². The summed E-state index contributed by atoms with van der Waals surface area (Å²) in [5, 5.41) is 3.47. The normalized spacial score (nSPS) is 22.7. The number of aryl methyl sites for hydroxylation is 1. The second-order valence-corrected chi connectivity index (χ2v) is 9.29. The predicted octanol–water partition coefficient (Wildman–Crippen LogP) is 4.70. The van der Waals surface area contributed by atoms with E-state index in [-0.39, 0.29) is 6.10 Å². The van der Waals surface area contributed by atoms with Crippen molar-refractivity contribution in [3.63, 3.8) is 0 Å². The lowest BCUT2D eigenvalue weighted by molar-refractivity contribution is -0.0378. The van der Waals surface area contributed by atoms with E-state index in [4.69, 9.17) is 9.47 Å². The van der Waals surface area contributed by atoms with Crippen LogP contribution in [0.3, 0.4) is 0 Å². The first-order valence-electron chi connectivity index (χ1n) is 9.82. The summed E-state index contributed by atoms with van der Waals surface area (Å²) in [5.41, 5.74) is 3.98. The molecule has 1 aliphatic carbocycles. The number of methoxy groups -OCH3 is 1. The maximum atomic E-state index is 6.52. The lowest BCUT2D eigenvalue weighted by Gasteiger charge is -2.42. The molecule has 150 valence electrons. The number of rotatable bonds is 5. The van der Waals surface area contributed by atoms with E-state index in [1.165, 1.54) is 16.7 Å². The van der Waals surface area contributed by atoms with Crippen LogP contribution in [0.2, 0.25) is 0 Å². The molecule has 2 atom stereocenters. The number of benzene rings is 2. The van der Waals surface area contributed by atoms with Gasteiger partial charge in [-0.25, -0.2) is 0 Å². The van der Waals surface area contributed by atoms with Gasteiger partial charge in [0.05, 0.1) is 25.9 Å². The summed E-state index contributed by atoms with van der Waals surface area (Å²) in [6, 6.07) is 13.1. The summed E-state index contributed by atoms with van der Waals surface area (Å²) in [5.74, 6) is 0.941. The van der Waals surface area contributed by atoms with Crippen LogP contribution in [0.15, 0.2) is 45.3 Å². The maximum Gasteiger partial charge on any atom is 0.119 e. The molecule has 0 saturated carbocycles. The molecule has 2 unspecified atom stereocenters. The van der Waals surface area contributed by atoms with Gasteiger partial charge in [0, 0.05) is 35.1 Å². The first kappa shape index (κ1) is 20.4. The highest BCUT2D eigenvalue weighted by atomic mass is 79.9. The molecule has 4 rings (SSSR count). The Bertz CT molecular complexity index is 804. The summed E-state index contributed by atoms with van der Waals surface area (Å²) in [7, 11) is 1.74. The van der Waals surface area contributed by atoms with Gasteiger partial charge >= 0.3 is 0 Å². The van der Waals surface area contributed by atoms with Crippen molar-refractivity contribution in [3.05, 3.63) is 62.0 Å². The van der Waals surface area contributed by atoms with Gasteiger partial charge in [-0.05, 0) is 59.9 Å². The third kappa shape index (κ3) is 4.62. The van der Waals surface area contributed by atoms with E-state index in [9.17, 15) is 0 Å². The minimum atomic E-state index is 0.191. The summed E-state index contributed by atoms with van der Waals surface area (Å²) in [6.45, 7) is 4.80. The fourth-order valence-electron chi connectivity index (χ4n) is 4.33. The molecular weight excluding hydrogens is 484 g/mol. The Kier molecular flexibility index (Phi) is 6.74. The number of ether oxygens (including phenoxy) is 2. The van der Waals surface area contributed by atoms with Crippen molar-refractivity contribution in [1.29, 1.82) is 0 Å². The van der Waals surface area contributed by atoms with E-state index in [1.54, 1.807) is 7.11 Å². The van der Waals surface area contributed by atoms with Gasteiger partial charge in [-0.2, -0.15) is 0 Å². The van der Waals surface area contributed by atoms with Gasteiger partial charge in [0.1, 0.15) is 5.75 Å². The molecule has 1 N–H and O–H groups in total. The smallest absolute Gasteiger partial charge is 0.119 e. The standard InChI is InChI=1S/C22H26Br2N2O2/c1-27-19-3-4-20-16(12-19)2-5-21(22(20)26-8-6-25-7-9-26)28-14-15-10-17(23)13-18(24)11-15/h3-4,10-13,21-22,25H,2,5-9,14H2,1H3. The van der Waals surface area contributed by atoms with Crippen molar-refractivity contribution >= 4 is 31.9 Å². The Morgan fingerprint density at radius 1 is 1.07 bits per heavy atom. The van der Waals surface area contributed by atoms with Crippen LogP contribution in [0.25, 0.3) is 0 Å². The van der Waals surface area contributed by atoms with Gasteiger partial charge in [-0.15, -0.1) is 0 Å². The van der Waals surface area contributed by atoms with Crippen LogP contribution in [0.1, 0.15) is 29.2 Å². The third-order valence-electron chi connectivity index (χ3n) is 5.65. The second kappa shape index (κ2) is 9.26. The van der Waals surface area contributed by atoms with Crippen LogP contribution in [0.5, 0.6) is 5.75 Å². The lowest BCUT2D eigenvalue weighted by Crippen LogP contribution is -2.49. The minimum Gasteiger partial charge on any atom is -0.497 e. The van der Waals surface area contributed by atoms with Gasteiger partial charge in [-0.1, -0.05) is 37.9 Å². The number of halogens is 2. The highest BCUT2D eigenvalue weighted by molar-refractivity contribution is 9.11. The zero-order valence-electron chi connectivity index (χ0n) is 16.1. The van der Waals surface area contributed by atoms with Gasteiger partial charge in [0.2, 0.25) is 0 Å². The highest BCUT2D eigenvalue weighted by Crippen LogP contribution is 2.38. The number of piperazine rings is 1. The van der Waals surface area contributed by atoms with Crippen LogP contribution in [0, 0.1) is 0 Å². The number of fused-ring (bicyclic) bond motifs is 1. The minimum absolute atomic E-state index is 0.191. The molecule has 0 radical (unpaired) electrons. The molecule has 0 spiro atoms. The maximum absolute atomic E-state index is 6.52. The Hall–Kier alpha value is -0.920. The molecule has 28 heavy (non-hydrogen) atoms. The largest absolute Gasteiger partial charge is 0.497 e. The van der Waals surface area contributed by atoms with Crippen molar-refractivity contribution in [2.45, 2.75) is 31.6 Å². The molecule has 0 bridgehead atoms. The second-order valence-electron chi connectivity index (χ2n) is 7.46. The lowest BCUT2D eigenvalue weighted by atomic mass is 9.84. The third-order valence-corrected chi connectivity index (χ3v) is 6.57. The molecular formula is C22H26Br2N2O2. The summed E-state index contributed by atoms with van der Waals surface area (Å²) >= 11 is 7.15. The molecule has 1 saturated heterocycles. The van der Waals surface area contributed by atoms with Crippen molar-refractivity contribution in [2.75, 3.05) is 33.3 Å². The van der Waals surface area contributed by atoms with Crippen molar-refractivity contribution in [1.82, 2.24) is 10.2 Å².